The van der Waals surface area contributed by atoms with Crippen LogP contribution in [0.4, 0.5) is 11.5 Å². The highest BCUT2D eigenvalue weighted by atomic mass is 16.2. The van der Waals surface area contributed by atoms with Gasteiger partial charge in [-0.05, 0) is 123 Å². The molecule has 11 nitrogen and oxygen atoms in total. The van der Waals surface area contributed by atoms with E-state index in [9.17, 15) is 14.4 Å². The zero-order valence-corrected chi connectivity index (χ0v) is 34.4. The van der Waals surface area contributed by atoms with Gasteiger partial charge in [-0.1, -0.05) is 45.9 Å². The fraction of sp³-hybridized carbons (Fsp3) is 0.489. The van der Waals surface area contributed by atoms with Crippen LogP contribution in [0.2, 0.25) is 0 Å². The van der Waals surface area contributed by atoms with Crippen molar-refractivity contribution in [3.8, 4) is 22.4 Å². The number of carbonyl (C=O) groups excluding carboxylic acids is 3. The molecule has 2 saturated heterocycles. The quantitative estimate of drug-likeness (QED) is 0.154. The molecule has 56 heavy (non-hydrogen) atoms. The minimum absolute atomic E-state index is 0.0545. The molecule has 0 spiro atoms. The molecule has 296 valence electrons. The molecule has 4 aromatic rings. The number of piperazine rings is 1. The monoisotopic (exact) mass is 758 g/mol. The number of aromatic nitrogens is 3. The molecule has 1 saturated carbocycles. The first kappa shape index (κ1) is 39.2. The van der Waals surface area contributed by atoms with E-state index in [1.807, 2.05) is 47.3 Å². The van der Waals surface area contributed by atoms with Gasteiger partial charge in [0.05, 0.1) is 29.5 Å². The number of rotatable bonds is 10. The number of benzene rings is 2. The second-order valence-corrected chi connectivity index (χ2v) is 17.4. The highest BCUT2D eigenvalue weighted by Crippen LogP contribution is 2.52. The number of pyridine rings is 1. The number of nitrogens with zero attached hydrogens (tertiary/aromatic N) is 5. The highest BCUT2D eigenvalue weighted by Gasteiger charge is 2.53. The van der Waals surface area contributed by atoms with Gasteiger partial charge in [-0.15, -0.1) is 0 Å². The Morgan fingerprint density at radius 3 is 2.23 bits per heavy atom. The van der Waals surface area contributed by atoms with Crippen molar-refractivity contribution in [3.63, 3.8) is 0 Å². The van der Waals surface area contributed by atoms with Crippen molar-refractivity contribution in [2.24, 2.45) is 17.3 Å². The Morgan fingerprint density at radius 2 is 1.61 bits per heavy atom. The summed E-state index contributed by atoms with van der Waals surface area (Å²) in [4.78, 5) is 59.1. The van der Waals surface area contributed by atoms with E-state index in [2.05, 4.69) is 105 Å². The molecule has 2 aliphatic heterocycles. The summed E-state index contributed by atoms with van der Waals surface area (Å²) in [6, 6.07) is 16.1. The summed E-state index contributed by atoms with van der Waals surface area (Å²) in [5, 5.41) is 6.25. The number of aryl methyl sites for hydroxylation is 2. The van der Waals surface area contributed by atoms with Gasteiger partial charge < -0.3 is 30.3 Å². The van der Waals surface area contributed by atoms with Crippen molar-refractivity contribution in [2.45, 2.75) is 98.8 Å². The van der Waals surface area contributed by atoms with E-state index in [1.165, 1.54) is 0 Å². The Bertz CT molecular complexity index is 2110. The molecule has 0 bridgehead atoms. The van der Waals surface area contributed by atoms with Crippen molar-refractivity contribution in [1.82, 2.24) is 30.1 Å². The molecule has 2 aromatic heterocycles. The van der Waals surface area contributed by atoms with Crippen LogP contribution in [0.15, 0.2) is 60.9 Å². The normalized spacial score (nSPS) is 22.4. The van der Waals surface area contributed by atoms with Crippen molar-refractivity contribution >= 4 is 29.2 Å². The van der Waals surface area contributed by atoms with Gasteiger partial charge in [0.15, 0.2) is 0 Å². The predicted octanol–water partition coefficient (Wildman–Crippen LogP) is 7.39. The summed E-state index contributed by atoms with van der Waals surface area (Å²) < 4.78 is 0. The van der Waals surface area contributed by atoms with Gasteiger partial charge in [-0.3, -0.25) is 14.4 Å². The second-order valence-electron chi connectivity index (χ2n) is 17.4. The largest absolute Gasteiger partial charge is 0.350 e. The molecule has 4 heterocycles. The van der Waals surface area contributed by atoms with Crippen LogP contribution in [0, 0.1) is 31.1 Å². The highest BCUT2D eigenvalue weighted by molar-refractivity contribution is 6.04. The third-order valence-electron chi connectivity index (χ3n) is 12.4. The van der Waals surface area contributed by atoms with Crippen molar-refractivity contribution < 1.29 is 14.4 Å². The SMILES string of the molecule is CNC(C(=O)N1CCCC1c1ncc(-c2ccc(-c3ccc(NC(=O)c4ccc(N5CC(C)N(C(=O)C6CC6(C)C)CC5C)nc4)cc3C)c(C)c2)[nH]1)C(C)C. The lowest BCUT2D eigenvalue weighted by Crippen LogP contribution is -2.59. The fourth-order valence-corrected chi connectivity index (χ4v) is 8.80. The van der Waals surface area contributed by atoms with Gasteiger partial charge in [0.25, 0.3) is 5.91 Å². The van der Waals surface area contributed by atoms with Crippen LogP contribution in [0.3, 0.4) is 0 Å². The summed E-state index contributed by atoms with van der Waals surface area (Å²) >= 11 is 0. The van der Waals surface area contributed by atoms with E-state index in [1.54, 1.807) is 6.20 Å². The summed E-state index contributed by atoms with van der Waals surface area (Å²) in [6.45, 7) is 19.0. The molecule has 3 N–H and O–H groups in total. The first-order valence-corrected chi connectivity index (χ1v) is 20.3. The van der Waals surface area contributed by atoms with E-state index in [-0.39, 0.29) is 59.1 Å². The smallest absolute Gasteiger partial charge is 0.257 e. The summed E-state index contributed by atoms with van der Waals surface area (Å²) in [5.74, 6) is 2.17. The number of anilines is 2. The Kier molecular flexibility index (Phi) is 10.8. The first-order chi connectivity index (χ1) is 26.7. The third-order valence-corrected chi connectivity index (χ3v) is 12.4. The average molecular weight is 759 g/mol. The van der Waals surface area contributed by atoms with Gasteiger partial charge in [0.2, 0.25) is 11.8 Å². The number of H-pyrrole nitrogens is 1. The maximum atomic E-state index is 13.4. The molecule has 5 atom stereocenters. The van der Waals surface area contributed by atoms with Crippen LogP contribution in [0.25, 0.3) is 22.4 Å². The van der Waals surface area contributed by atoms with Crippen LogP contribution in [-0.4, -0.2) is 87.3 Å². The van der Waals surface area contributed by atoms with Gasteiger partial charge in [0, 0.05) is 49.5 Å². The minimum atomic E-state index is -0.216. The number of nitrogens with one attached hydrogen (secondary N) is 3. The van der Waals surface area contributed by atoms with E-state index < -0.39 is 0 Å². The number of hydrogen-bond acceptors (Lipinski definition) is 7. The molecule has 11 heteroatoms. The molecule has 3 fully saturated rings. The fourth-order valence-electron chi connectivity index (χ4n) is 8.80. The number of amides is 3. The van der Waals surface area contributed by atoms with E-state index in [4.69, 9.17) is 4.98 Å². The number of imidazole rings is 1. The van der Waals surface area contributed by atoms with Crippen LogP contribution in [0.5, 0.6) is 0 Å². The lowest BCUT2D eigenvalue weighted by atomic mass is 9.94. The van der Waals surface area contributed by atoms with Gasteiger partial charge in [0.1, 0.15) is 11.6 Å². The second kappa shape index (κ2) is 15.5. The molecule has 3 amide bonds. The molecule has 5 unspecified atom stereocenters. The van der Waals surface area contributed by atoms with Gasteiger partial charge in [-0.25, -0.2) is 9.97 Å². The number of hydrogen-bond donors (Lipinski definition) is 3. The topological polar surface area (TPSA) is 127 Å². The van der Waals surface area contributed by atoms with Crippen LogP contribution in [-0.2, 0) is 9.59 Å². The summed E-state index contributed by atoms with van der Waals surface area (Å²) in [6.07, 6.45) is 6.33. The zero-order valence-electron chi connectivity index (χ0n) is 34.4. The Morgan fingerprint density at radius 1 is 0.893 bits per heavy atom. The lowest BCUT2D eigenvalue weighted by Gasteiger charge is -2.45. The van der Waals surface area contributed by atoms with Crippen LogP contribution in [0.1, 0.15) is 94.2 Å². The number of likely N-dealkylation sites (tertiary alicyclic amines) is 1. The first-order valence-electron chi connectivity index (χ1n) is 20.3. The molecular formula is C45H58N8O3. The molecule has 3 aliphatic rings. The van der Waals surface area contributed by atoms with Crippen LogP contribution >= 0.6 is 0 Å². The van der Waals surface area contributed by atoms with E-state index in [0.29, 0.717) is 18.7 Å². The van der Waals surface area contributed by atoms with E-state index >= 15 is 0 Å². The number of aromatic amines is 1. The maximum absolute atomic E-state index is 13.4. The Hall–Kier alpha value is -5.03. The van der Waals surface area contributed by atoms with Gasteiger partial charge in [-0.2, -0.15) is 0 Å². The van der Waals surface area contributed by atoms with Crippen LogP contribution < -0.4 is 15.5 Å². The molecular weight excluding hydrogens is 701 g/mol. The number of likely N-dealkylation sites (N-methyl/N-ethyl adjacent to an activating group) is 1. The minimum Gasteiger partial charge on any atom is -0.350 e. The van der Waals surface area contributed by atoms with Gasteiger partial charge >= 0.3 is 0 Å². The molecule has 0 radical (unpaired) electrons. The van der Waals surface area contributed by atoms with Crippen molar-refractivity contribution in [1.29, 1.82) is 0 Å². The summed E-state index contributed by atoms with van der Waals surface area (Å²) in [7, 11) is 1.85. The Balaban J connectivity index is 0.979. The third kappa shape index (κ3) is 7.70. The zero-order chi connectivity index (χ0) is 40.1. The maximum Gasteiger partial charge on any atom is 0.257 e. The Labute approximate surface area is 331 Å². The number of carbonyl (C=O) groups is 3. The average Bonchev–Trinajstić information content (AvgIpc) is 3.51. The lowest BCUT2D eigenvalue weighted by molar-refractivity contribution is -0.136. The predicted molar refractivity (Wildman–Crippen MR) is 222 cm³/mol. The molecule has 1 aliphatic carbocycles. The standard InChI is InChI=1S/C45H58N8O3/c1-26(2)40(46-9)44(56)51-18-10-11-38(51)41-48-23-37(50-41)31-12-15-34(27(3)19-31)35-16-14-33(20-28(35)4)49-42(54)32-13-17-39(47-22-32)52-24-30(6)53(25-29(52)5)43(55)36-21-45(36,7)8/h12-17,19-20,22-23,26,29-30,36,38,40,46H,10-11,18,21,24-25H2,1-9H3,(H,48,50)(H,49,54). The van der Waals surface area contributed by atoms with Crippen molar-refractivity contribution in [2.75, 3.05) is 36.9 Å². The summed E-state index contributed by atoms with van der Waals surface area (Å²) in [5.41, 5.74) is 7.67. The molecule has 7 rings (SSSR count). The van der Waals surface area contributed by atoms with E-state index in [0.717, 1.165) is 76.6 Å². The molecule has 2 aromatic carbocycles. The van der Waals surface area contributed by atoms with Crippen molar-refractivity contribution in [3.05, 3.63) is 83.4 Å².